The zero-order valence-electron chi connectivity index (χ0n) is 18.8. The molecule has 2 aromatic rings. The number of ether oxygens (including phenoxy) is 2. The van der Waals surface area contributed by atoms with Crippen LogP contribution in [0.4, 0.5) is 5.00 Å². The summed E-state index contributed by atoms with van der Waals surface area (Å²) in [7, 11) is 0. The zero-order chi connectivity index (χ0) is 23.5. The maximum atomic E-state index is 13.1. The van der Waals surface area contributed by atoms with Gasteiger partial charge in [0.15, 0.2) is 0 Å². The molecule has 2 bridgehead atoms. The van der Waals surface area contributed by atoms with Crippen LogP contribution in [0, 0.1) is 11.8 Å². The van der Waals surface area contributed by atoms with Crippen molar-refractivity contribution in [1.29, 1.82) is 0 Å². The zero-order valence-corrected chi connectivity index (χ0v) is 19.7. The van der Waals surface area contributed by atoms with Gasteiger partial charge in [0.25, 0.3) is 0 Å². The van der Waals surface area contributed by atoms with Crippen LogP contribution >= 0.6 is 11.3 Å². The highest BCUT2D eigenvalue weighted by atomic mass is 32.1. The number of aryl methyl sites for hydroxylation is 1. The van der Waals surface area contributed by atoms with E-state index in [0.717, 1.165) is 24.8 Å². The van der Waals surface area contributed by atoms with Crippen molar-refractivity contribution in [3.63, 3.8) is 0 Å². The third kappa shape index (κ3) is 4.68. The van der Waals surface area contributed by atoms with Gasteiger partial charge in [-0.3, -0.25) is 9.59 Å². The number of anilines is 1. The van der Waals surface area contributed by atoms with Crippen LogP contribution in [0.2, 0.25) is 0 Å². The fourth-order valence-electron chi connectivity index (χ4n) is 4.82. The molecule has 0 aliphatic carbocycles. The molecular weight excluding hydrogens is 442 g/mol. The number of fused-ring (bicyclic) bond motifs is 2. The molecule has 4 rings (SSSR count). The lowest BCUT2D eigenvalue weighted by Gasteiger charge is -2.23. The average Bonchev–Trinajstić information content (AvgIpc) is 3.52. The normalized spacial score (nSPS) is 23.5. The summed E-state index contributed by atoms with van der Waals surface area (Å²) in [5.41, 5.74) is 3.09. The minimum Gasteiger partial charge on any atom is -0.481 e. The van der Waals surface area contributed by atoms with E-state index >= 15 is 0 Å². The summed E-state index contributed by atoms with van der Waals surface area (Å²) in [5.74, 6) is -3.62. The number of hydrogen-bond acceptors (Lipinski definition) is 6. The number of amides is 1. The van der Waals surface area contributed by atoms with Crippen LogP contribution in [-0.4, -0.2) is 41.8 Å². The van der Waals surface area contributed by atoms with Crippen molar-refractivity contribution >= 4 is 34.2 Å². The molecule has 176 valence electrons. The van der Waals surface area contributed by atoms with Crippen molar-refractivity contribution in [2.45, 2.75) is 58.2 Å². The number of carbonyl (C=O) groups is 3. The number of aliphatic carboxylic acids is 1. The first-order valence-corrected chi connectivity index (χ1v) is 12.4. The van der Waals surface area contributed by atoms with E-state index in [0.29, 0.717) is 29.0 Å². The predicted octanol–water partition coefficient (Wildman–Crippen LogP) is 4.75. The van der Waals surface area contributed by atoms with Gasteiger partial charge < -0.3 is 19.9 Å². The number of carboxylic acid groups (broad SMARTS) is 1. The second kappa shape index (κ2) is 10.1. The maximum Gasteiger partial charge on any atom is 0.341 e. The molecule has 0 radical (unpaired) electrons. The molecule has 0 saturated carbocycles. The van der Waals surface area contributed by atoms with Crippen LogP contribution < -0.4 is 5.32 Å². The second-order valence-corrected chi connectivity index (χ2v) is 9.42. The van der Waals surface area contributed by atoms with Gasteiger partial charge >= 0.3 is 11.9 Å². The average molecular weight is 472 g/mol. The van der Waals surface area contributed by atoms with Gasteiger partial charge in [-0.1, -0.05) is 37.6 Å². The van der Waals surface area contributed by atoms with Crippen molar-refractivity contribution in [3.8, 4) is 11.1 Å². The Hall–Kier alpha value is -2.71. The van der Waals surface area contributed by atoms with Gasteiger partial charge in [-0.2, -0.15) is 0 Å². The Bertz CT molecular complexity index is 1030. The third-order valence-electron chi connectivity index (χ3n) is 6.45. The molecule has 1 aromatic carbocycles. The fourth-order valence-corrected chi connectivity index (χ4v) is 5.78. The van der Waals surface area contributed by atoms with E-state index in [-0.39, 0.29) is 6.61 Å². The molecule has 2 saturated heterocycles. The van der Waals surface area contributed by atoms with Crippen LogP contribution in [0.25, 0.3) is 11.1 Å². The summed E-state index contributed by atoms with van der Waals surface area (Å²) < 4.78 is 11.0. The van der Waals surface area contributed by atoms with Crippen LogP contribution in [0.3, 0.4) is 0 Å². The number of benzene rings is 1. The van der Waals surface area contributed by atoms with Gasteiger partial charge in [0.05, 0.1) is 30.7 Å². The highest BCUT2D eigenvalue weighted by Crippen LogP contribution is 2.45. The Morgan fingerprint density at radius 1 is 1.12 bits per heavy atom. The first-order chi connectivity index (χ1) is 15.9. The Morgan fingerprint density at radius 2 is 1.82 bits per heavy atom. The quantitative estimate of drug-likeness (QED) is 0.512. The molecule has 7 nitrogen and oxygen atoms in total. The smallest absolute Gasteiger partial charge is 0.341 e. The van der Waals surface area contributed by atoms with E-state index in [1.807, 2.05) is 17.5 Å². The number of nitrogens with one attached hydrogen (secondary N) is 1. The van der Waals surface area contributed by atoms with Crippen molar-refractivity contribution in [3.05, 3.63) is 40.8 Å². The lowest BCUT2D eigenvalue weighted by molar-refractivity contribution is -0.147. The summed E-state index contributed by atoms with van der Waals surface area (Å²) >= 11 is 1.24. The molecule has 0 unspecified atom stereocenters. The molecule has 0 spiro atoms. The van der Waals surface area contributed by atoms with Crippen molar-refractivity contribution in [1.82, 2.24) is 0 Å². The standard InChI is InChI=1S/C25H29NO6S/c1-3-5-6-14-7-9-15(10-8-14)16-13-33-23(19(16)25(30)31-4-2)26-22(27)20-17-11-12-18(32-17)21(20)24(28)29/h7-10,13,17-18,20-21H,3-6,11-12H2,1-2H3,(H,26,27)(H,28,29)/t17-,18-,20+,21+/m1/s1. The van der Waals surface area contributed by atoms with Crippen molar-refractivity contribution in [2.75, 3.05) is 11.9 Å². The van der Waals surface area contributed by atoms with E-state index in [2.05, 4.69) is 24.4 Å². The monoisotopic (exact) mass is 471 g/mol. The minimum atomic E-state index is -1.03. The third-order valence-corrected chi connectivity index (χ3v) is 7.35. The number of unbranched alkanes of at least 4 members (excludes halogenated alkanes) is 1. The number of carbonyl (C=O) groups excluding carboxylic acids is 2. The highest BCUT2D eigenvalue weighted by Gasteiger charge is 2.55. The number of rotatable bonds is 9. The molecular formula is C25H29NO6S. The molecule has 8 heteroatoms. The summed E-state index contributed by atoms with van der Waals surface area (Å²) in [6.07, 6.45) is 3.72. The van der Waals surface area contributed by atoms with Gasteiger partial charge in [0, 0.05) is 10.9 Å². The number of carboxylic acids is 1. The molecule has 2 aliphatic heterocycles. The Kier molecular flexibility index (Phi) is 7.14. The summed E-state index contributed by atoms with van der Waals surface area (Å²) in [4.78, 5) is 37.8. The minimum absolute atomic E-state index is 0.207. The molecule has 1 amide bonds. The lowest BCUT2D eigenvalue weighted by atomic mass is 9.79. The Balaban J connectivity index is 1.61. The van der Waals surface area contributed by atoms with Gasteiger partial charge in [0.2, 0.25) is 5.91 Å². The van der Waals surface area contributed by atoms with Crippen LogP contribution in [0.1, 0.15) is 55.5 Å². The Morgan fingerprint density at radius 3 is 2.45 bits per heavy atom. The second-order valence-electron chi connectivity index (χ2n) is 8.54. The fraction of sp³-hybridized carbons (Fsp3) is 0.480. The Labute approximate surface area is 197 Å². The molecule has 4 atom stereocenters. The number of hydrogen-bond donors (Lipinski definition) is 2. The van der Waals surface area contributed by atoms with Gasteiger partial charge in [-0.25, -0.2) is 4.79 Å². The summed E-state index contributed by atoms with van der Waals surface area (Å²) in [6.45, 7) is 4.09. The van der Waals surface area contributed by atoms with Gasteiger partial charge in [-0.05, 0) is 43.7 Å². The van der Waals surface area contributed by atoms with E-state index in [1.165, 1.54) is 16.9 Å². The van der Waals surface area contributed by atoms with E-state index in [9.17, 15) is 19.5 Å². The largest absolute Gasteiger partial charge is 0.481 e. The molecule has 3 heterocycles. The van der Waals surface area contributed by atoms with E-state index in [4.69, 9.17) is 9.47 Å². The number of esters is 1. The SMILES string of the molecule is CCCCc1ccc(-c2csc(NC(=O)[C@@H]3[C@@H](C(=O)O)[C@H]4CC[C@H]3O4)c2C(=O)OCC)cc1. The molecule has 2 N–H and O–H groups in total. The van der Waals surface area contributed by atoms with Gasteiger partial charge in [-0.15, -0.1) is 11.3 Å². The molecule has 33 heavy (non-hydrogen) atoms. The topological polar surface area (TPSA) is 102 Å². The van der Waals surface area contributed by atoms with Crippen molar-refractivity contribution < 1.29 is 29.0 Å². The molecule has 2 aliphatic rings. The first kappa shape index (κ1) is 23.4. The van der Waals surface area contributed by atoms with Crippen LogP contribution in [0.5, 0.6) is 0 Å². The number of thiophene rings is 1. The van der Waals surface area contributed by atoms with E-state index < -0.39 is 41.9 Å². The lowest BCUT2D eigenvalue weighted by Crippen LogP contribution is -2.41. The first-order valence-electron chi connectivity index (χ1n) is 11.5. The van der Waals surface area contributed by atoms with E-state index in [1.54, 1.807) is 6.92 Å². The van der Waals surface area contributed by atoms with Crippen LogP contribution in [0.15, 0.2) is 29.6 Å². The maximum absolute atomic E-state index is 13.1. The molecule has 1 aromatic heterocycles. The van der Waals surface area contributed by atoms with Gasteiger partial charge in [0.1, 0.15) is 10.6 Å². The predicted molar refractivity (Wildman–Crippen MR) is 125 cm³/mol. The van der Waals surface area contributed by atoms with Crippen LogP contribution in [-0.2, 0) is 25.5 Å². The molecule has 2 fully saturated rings. The van der Waals surface area contributed by atoms with Crippen molar-refractivity contribution in [2.24, 2.45) is 11.8 Å². The highest BCUT2D eigenvalue weighted by molar-refractivity contribution is 7.15. The summed E-state index contributed by atoms with van der Waals surface area (Å²) in [5, 5.41) is 14.7. The summed E-state index contributed by atoms with van der Waals surface area (Å²) in [6, 6.07) is 8.07.